The number of rotatable bonds is 2. The maximum absolute atomic E-state index is 6.45. The van der Waals surface area contributed by atoms with Gasteiger partial charge in [-0.1, -0.05) is 20.8 Å². The van der Waals surface area contributed by atoms with E-state index in [4.69, 9.17) is 10.5 Å². The normalized spacial score (nSPS) is 38.4. The molecular formula is C18H36N2O. The van der Waals surface area contributed by atoms with Crippen molar-refractivity contribution in [2.24, 2.45) is 23.0 Å². The van der Waals surface area contributed by atoms with Crippen LogP contribution in [0.5, 0.6) is 0 Å². The van der Waals surface area contributed by atoms with E-state index in [0.29, 0.717) is 23.5 Å². The molecule has 2 aliphatic rings. The molecule has 0 radical (unpaired) electrons. The van der Waals surface area contributed by atoms with E-state index in [9.17, 15) is 0 Å². The van der Waals surface area contributed by atoms with Gasteiger partial charge in [0, 0.05) is 25.7 Å². The van der Waals surface area contributed by atoms with Crippen LogP contribution in [0.25, 0.3) is 0 Å². The summed E-state index contributed by atoms with van der Waals surface area (Å²) in [4.78, 5) is 2.59. The molecule has 2 N–H and O–H groups in total. The largest absolute Gasteiger partial charge is 0.370 e. The second-order valence-electron chi connectivity index (χ2n) is 9.18. The van der Waals surface area contributed by atoms with Crippen LogP contribution in [0.1, 0.15) is 60.8 Å². The number of morpholine rings is 1. The Morgan fingerprint density at radius 3 is 2.48 bits per heavy atom. The van der Waals surface area contributed by atoms with E-state index in [-0.39, 0.29) is 5.60 Å². The van der Waals surface area contributed by atoms with Crippen LogP contribution in [-0.4, -0.2) is 42.3 Å². The van der Waals surface area contributed by atoms with E-state index in [1.165, 1.54) is 19.3 Å². The number of nitrogens with two attached hydrogens (primary N) is 1. The lowest BCUT2D eigenvalue weighted by Crippen LogP contribution is -2.55. The van der Waals surface area contributed by atoms with Gasteiger partial charge >= 0.3 is 0 Å². The van der Waals surface area contributed by atoms with Crippen molar-refractivity contribution in [2.45, 2.75) is 78.6 Å². The SMILES string of the molecule is CC1CN(CC2CC(C(C)(C)C)CCC2N)CC(C)(C)O1. The van der Waals surface area contributed by atoms with Gasteiger partial charge in [-0.25, -0.2) is 0 Å². The van der Waals surface area contributed by atoms with E-state index in [2.05, 4.69) is 46.4 Å². The molecule has 0 spiro atoms. The predicted molar refractivity (Wildman–Crippen MR) is 89.3 cm³/mol. The number of nitrogens with zero attached hydrogens (tertiary/aromatic N) is 1. The number of hydrogen-bond donors (Lipinski definition) is 1. The minimum Gasteiger partial charge on any atom is -0.370 e. The van der Waals surface area contributed by atoms with Crippen molar-refractivity contribution in [1.29, 1.82) is 0 Å². The van der Waals surface area contributed by atoms with Gasteiger partial charge in [-0.15, -0.1) is 0 Å². The highest BCUT2D eigenvalue weighted by Crippen LogP contribution is 2.40. The molecule has 21 heavy (non-hydrogen) atoms. The average molecular weight is 296 g/mol. The van der Waals surface area contributed by atoms with E-state index in [1.54, 1.807) is 0 Å². The van der Waals surface area contributed by atoms with Gasteiger partial charge < -0.3 is 10.5 Å². The third-order valence-electron chi connectivity index (χ3n) is 5.40. The Morgan fingerprint density at radius 1 is 1.24 bits per heavy atom. The summed E-state index contributed by atoms with van der Waals surface area (Å²) in [6.07, 6.45) is 4.10. The molecule has 0 amide bonds. The molecule has 4 atom stereocenters. The molecule has 0 bridgehead atoms. The van der Waals surface area contributed by atoms with Crippen molar-refractivity contribution in [3.8, 4) is 0 Å². The summed E-state index contributed by atoms with van der Waals surface area (Å²) >= 11 is 0. The molecular weight excluding hydrogens is 260 g/mol. The van der Waals surface area contributed by atoms with Crippen LogP contribution in [0.2, 0.25) is 0 Å². The van der Waals surface area contributed by atoms with E-state index in [0.717, 1.165) is 25.6 Å². The van der Waals surface area contributed by atoms with Crippen LogP contribution in [0.3, 0.4) is 0 Å². The Kier molecular flexibility index (Phi) is 5.07. The van der Waals surface area contributed by atoms with Crippen molar-refractivity contribution in [3.63, 3.8) is 0 Å². The minimum absolute atomic E-state index is 0.0279. The van der Waals surface area contributed by atoms with Gasteiger partial charge in [0.05, 0.1) is 11.7 Å². The first-order valence-corrected chi connectivity index (χ1v) is 8.72. The first-order chi connectivity index (χ1) is 9.57. The monoisotopic (exact) mass is 296 g/mol. The summed E-state index contributed by atoms with van der Waals surface area (Å²) < 4.78 is 6.02. The van der Waals surface area contributed by atoms with Crippen molar-refractivity contribution in [2.75, 3.05) is 19.6 Å². The van der Waals surface area contributed by atoms with Crippen molar-refractivity contribution in [3.05, 3.63) is 0 Å². The summed E-state index contributed by atoms with van der Waals surface area (Å²) in [7, 11) is 0. The van der Waals surface area contributed by atoms with E-state index in [1.807, 2.05) is 0 Å². The summed E-state index contributed by atoms with van der Waals surface area (Å²) in [5.74, 6) is 1.46. The predicted octanol–water partition coefficient (Wildman–Crippen LogP) is 3.28. The summed E-state index contributed by atoms with van der Waals surface area (Å²) in [5, 5.41) is 0. The smallest absolute Gasteiger partial charge is 0.0757 e. The van der Waals surface area contributed by atoms with Crippen LogP contribution in [0.4, 0.5) is 0 Å². The van der Waals surface area contributed by atoms with Crippen LogP contribution >= 0.6 is 0 Å². The van der Waals surface area contributed by atoms with Crippen LogP contribution in [0.15, 0.2) is 0 Å². The Morgan fingerprint density at radius 2 is 1.90 bits per heavy atom. The Balaban J connectivity index is 1.97. The Bertz CT molecular complexity index is 348. The summed E-state index contributed by atoms with van der Waals surface area (Å²) in [6, 6.07) is 0.380. The van der Waals surface area contributed by atoms with Crippen LogP contribution in [0, 0.1) is 17.3 Å². The molecule has 2 fully saturated rings. The van der Waals surface area contributed by atoms with Crippen molar-refractivity contribution in [1.82, 2.24) is 4.90 Å². The molecule has 4 unspecified atom stereocenters. The van der Waals surface area contributed by atoms with Crippen LogP contribution in [-0.2, 0) is 4.74 Å². The Labute approximate surface area is 131 Å². The molecule has 3 nitrogen and oxygen atoms in total. The number of hydrogen-bond acceptors (Lipinski definition) is 3. The zero-order valence-corrected chi connectivity index (χ0v) is 15.0. The molecule has 0 aromatic carbocycles. The van der Waals surface area contributed by atoms with E-state index < -0.39 is 0 Å². The lowest BCUT2D eigenvalue weighted by atomic mass is 9.67. The van der Waals surface area contributed by atoms with Gasteiger partial charge in [0.25, 0.3) is 0 Å². The lowest BCUT2D eigenvalue weighted by Gasteiger charge is -2.46. The first-order valence-electron chi connectivity index (χ1n) is 8.72. The summed E-state index contributed by atoms with van der Waals surface area (Å²) in [5.41, 5.74) is 6.83. The molecule has 1 saturated carbocycles. The molecule has 2 rings (SSSR count). The first kappa shape index (κ1) is 17.2. The standard InChI is InChI=1S/C18H36N2O/c1-13-10-20(12-18(5,6)21-13)11-14-9-15(17(2,3)4)7-8-16(14)19/h13-16H,7-12,19H2,1-6H3. The van der Waals surface area contributed by atoms with Gasteiger partial charge in [-0.2, -0.15) is 0 Å². The van der Waals surface area contributed by atoms with Crippen molar-refractivity contribution >= 4 is 0 Å². The maximum Gasteiger partial charge on any atom is 0.0757 e. The molecule has 1 saturated heterocycles. The molecule has 0 aromatic heterocycles. The van der Waals surface area contributed by atoms with Crippen molar-refractivity contribution < 1.29 is 4.74 Å². The van der Waals surface area contributed by atoms with Gasteiger partial charge in [-0.3, -0.25) is 4.90 Å². The number of ether oxygens (including phenoxy) is 1. The second kappa shape index (κ2) is 6.17. The molecule has 1 heterocycles. The molecule has 0 aromatic rings. The zero-order valence-electron chi connectivity index (χ0n) is 15.0. The van der Waals surface area contributed by atoms with E-state index >= 15 is 0 Å². The Hall–Kier alpha value is -0.120. The van der Waals surface area contributed by atoms with Crippen LogP contribution < -0.4 is 5.73 Å². The topological polar surface area (TPSA) is 38.5 Å². The fourth-order valence-corrected chi connectivity index (χ4v) is 4.34. The zero-order chi connectivity index (χ0) is 15.8. The third-order valence-corrected chi connectivity index (χ3v) is 5.40. The highest BCUT2D eigenvalue weighted by Gasteiger charge is 2.37. The van der Waals surface area contributed by atoms with Gasteiger partial charge in [0.15, 0.2) is 0 Å². The minimum atomic E-state index is -0.0279. The fourth-order valence-electron chi connectivity index (χ4n) is 4.34. The molecule has 3 heteroatoms. The molecule has 1 aliphatic carbocycles. The fraction of sp³-hybridized carbons (Fsp3) is 1.00. The average Bonchev–Trinajstić information content (AvgIpc) is 2.27. The van der Waals surface area contributed by atoms with Gasteiger partial charge in [-0.05, 0) is 57.3 Å². The quantitative estimate of drug-likeness (QED) is 0.850. The highest BCUT2D eigenvalue weighted by atomic mass is 16.5. The maximum atomic E-state index is 6.45. The lowest BCUT2D eigenvalue weighted by molar-refractivity contribution is -0.132. The van der Waals surface area contributed by atoms with Gasteiger partial charge in [0.1, 0.15) is 0 Å². The molecule has 1 aliphatic heterocycles. The second-order valence-corrected chi connectivity index (χ2v) is 9.18. The summed E-state index contributed by atoms with van der Waals surface area (Å²) in [6.45, 7) is 17.0. The highest BCUT2D eigenvalue weighted by molar-refractivity contribution is 4.91. The third kappa shape index (κ3) is 4.67. The molecule has 124 valence electrons. The van der Waals surface area contributed by atoms with Gasteiger partial charge in [0.2, 0.25) is 0 Å².